The molecule has 0 fully saturated rings. The molecule has 0 radical (unpaired) electrons. The Hall–Kier alpha value is -1.79. The number of carbonyl (C=O) groups is 1. The van der Waals surface area contributed by atoms with Crippen LogP contribution in [0.25, 0.3) is 11.3 Å². The minimum Gasteiger partial charge on any atom is -0.455 e. The lowest BCUT2D eigenvalue weighted by atomic mass is 10.2. The van der Waals surface area contributed by atoms with Gasteiger partial charge in [0.2, 0.25) is 5.91 Å². The van der Waals surface area contributed by atoms with Crippen molar-refractivity contribution in [3.63, 3.8) is 0 Å². The fraction of sp³-hybridized carbons (Fsp3) is 0.0588. The Kier molecular flexibility index (Phi) is 5.81. The monoisotopic (exact) mass is 412 g/mol. The summed E-state index contributed by atoms with van der Waals surface area (Å²) in [5, 5.41) is 6.99. The van der Waals surface area contributed by atoms with Crippen molar-refractivity contribution < 1.29 is 9.21 Å². The number of benzene rings is 1. The van der Waals surface area contributed by atoms with E-state index in [1.807, 2.05) is 17.5 Å². The van der Waals surface area contributed by atoms with Gasteiger partial charge >= 0.3 is 0 Å². The first-order valence-electron chi connectivity index (χ1n) is 7.12. The van der Waals surface area contributed by atoms with E-state index in [4.69, 9.17) is 39.2 Å². The lowest BCUT2D eigenvalue weighted by molar-refractivity contribution is -0.120. The van der Waals surface area contributed by atoms with E-state index in [9.17, 15) is 4.79 Å². The number of nitrogens with zero attached hydrogens (tertiary/aromatic N) is 1. The normalized spacial score (nSPS) is 11.2. The van der Waals surface area contributed by atoms with Crippen LogP contribution in [-0.2, 0) is 11.2 Å². The molecule has 0 aliphatic rings. The van der Waals surface area contributed by atoms with Crippen LogP contribution in [0.3, 0.4) is 0 Å². The Balaban J connectivity index is 1.65. The van der Waals surface area contributed by atoms with Crippen molar-refractivity contribution in [2.45, 2.75) is 6.42 Å². The second-order valence-electron chi connectivity index (χ2n) is 5.00. The Morgan fingerprint density at radius 2 is 1.96 bits per heavy atom. The number of hydrogen-bond donors (Lipinski definition) is 1. The summed E-state index contributed by atoms with van der Waals surface area (Å²) in [6.45, 7) is 0. The van der Waals surface area contributed by atoms with Gasteiger partial charge in [-0.25, -0.2) is 5.43 Å². The Morgan fingerprint density at radius 3 is 2.72 bits per heavy atom. The second-order valence-corrected chi connectivity index (χ2v) is 7.25. The van der Waals surface area contributed by atoms with Crippen molar-refractivity contribution in [2.75, 3.05) is 0 Å². The molecule has 4 nitrogen and oxygen atoms in total. The molecule has 1 aromatic carbocycles. The number of halogens is 3. The van der Waals surface area contributed by atoms with E-state index in [0.717, 1.165) is 4.88 Å². The van der Waals surface area contributed by atoms with Crippen LogP contribution in [0.15, 0.2) is 51.3 Å². The van der Waals surface area contributed by atoms with Crippen LogP contribution in [0.2, 0.25) is 15.1 Å². The van der Waals surface area contributed by atoms with E-state index >= 15 is 0 Å². The molecule has 1 N–H and O–H groups in total. The molecule has 0 aliphatic carbocycles. The predicted molar refractivity (Wildman–Crippen MR) is 103 cm³/mol. The summed E-state index contributed by atoms with van der Waals surface area (Å²) in [5.74, 6) is 0.793. The lowest BCUT2D eigenvalue weighted by Gasteiger charge is -2.03. The van der Waals surface area contributed by atoms with Crippen LogP contribution in [0.1, 0.15) is 10.6 Å². The molecule has 3 rings (SSSR count). The third kappa shape index (κ3) is 4.64. The first kappa shape index (κ1) is 18.0. The molecular formula is C17H11Cl3N2O2S. The summed E-state index contributed by atoms with van der Waals surface area (Å²) in [5.41, 5.74) is 3.08. The number of amides is 1. The van der Waals surface area contributed by atoms with Crippen molar-refractivity contribution in [2.24, 2.45) is 5.10 Å². The molecule has 1 amide bonds. The predicted octanol–water partition coefficient (Wildman–Crippen LogP) is 5.66. The Bertz CT molecular complexity index is 920. The zero-order valence-electron chi connectivity index (χ0n) is 12.6. The molecule has 3 aromatic rings. The van der Waals surface area contributed by atoms with Crippen LogP contribution < -0.4 is 5.43 Å². The quantitative estimate of drug-likeness (QED) is 0.333. The molecule has 0 unspecified atom stereocenters. The van der Waals surface area contributed by atoms with Gasteiger partial charge in [0.05, 0.1) is 27.7 Å². The van der Waals surface area contributed by atoms with Crippen LogP contribution in [0, 0.1) is 0 Å². The van der Waals surface area contributed by atoms with Gasteiger partial charge in [-0.3, -0.25) is 4.79 Å². The topological polar surface area (TPSA) is 54.6 Å². The number of hydrazone groups is 1. The van der Waals surface area contributed by atoms with Crippen LogP contribution >= 0.6 is 46.1 Å². The van der Waals surface area contributed by atoms with Crippen LogP contribution in [-0.4, -0.2) is 12.1 Å². The fourth-order valence-corrected chi connectivity index (χ4v) is 3.40. The van der Waals surface area contributed by atoms with Gasteiger partial charge in [-0.05, 0) is 35.7 Å². The van der Waals surface area contributed by atoms with E-state index in [0.29, 0.717) is 32.2 Å². The molecule has 128 valence electrons. The SMILES string of the molecule is O=C(Cc1cccs1)N/N=C\c1ccc(-c2cc(Cl)c(Cl)cc2Cl)o1. The third-order valence-electron chi connectivity index (χ3n) is 3.20. The van der Waals surface area contributed by atoms with Gasteiger partial charge in [-0.2, -0.15) is 5.10 Å². The summed E-state index contributed by atoms with van der Waals surface area (Å²) < 4.78 is 5.65. The molecule has 0 bridgehead atoms. The van der Waals surface area contributed by atoms with Crippen LogP contribution in [0.5, 0.6) is 0 Å². The zero-order chi connectivity index (χ0) is 17.8. The summed E-state index contributed by atoms with van der Waals surface area (Å²) >= 11 is 19.6. The fourth-order valence-electron chi connectivity index (χ4n) is 2.06. The van der Waals surface area contributed by atoms with Crippen molar-refractivity contribution in [3.05, 3.63) is 67.5 Å². The number of nitrogens with one attached hydrogen (secondary N) is 1. The minimum atomic E-state index is -0.196. The van der Waals surface area contributed by atoms with Crippen molar-refractivity contribution in [1.82, 2.24) is 5.43 Å². The molecule has 0 saturated carbocycles. The summed E-state index contributed by atoms with van der Waals surface area (Å²) in [6.07, 6.45) is 1.71. The van der Waals surface area contributed by atoms with Gasteiger partial charge in [0.1, 0.15) is 11.5 Å². The molecular weight excluding hydrogens is 403 g/mol. The average Bonchev–Trinajstić information content (AvgIpc) is 3.23. The zero-order valence-corrected chi connectivity index (χ0v) is 15.7. The van der Waals surface area contributed by atoms with E-state index in [1.165, 1.54) is 17.6 Å². The molecule has 2 aromatic heterocycles. The third-order valence-corrected chi connectivity index (χ3v) is 5.11. The average molecular weight is 414 g/mol. The van der Waals surface area contributed by atoms with Gasteiger partial charge in [-0.1, -0.05) is 40.9 Å². The standard InChI is InChI=1S/C17H11Cl3N2O2S/c18-13-8-15(20)14(19)7-12(13)16-4-3-10(24-16)9-21-22-17(23)6-11-2-1-5-25-11/h1-5,7-9H,6H2,(H,22,23)/b21-9-. The van der Waals surface area contributed by atoms with E-state index in [1.54, 1.807) is 24.3 Å². The minimum absolute atomic E-state index is 0.196. The van der Waals surface area contributed by atoms with E-state index in [-0.39, 0.29) is 12.3 Å². The van der Waals surface area contributed by atoms with Crippen molar-refractivity contribution >= 4 is 58.3 Å². The summed E-state index contributed by atoms with van der Waals surface area (Å²) in [6, 6.07) is 10.4. The molecule has 2 heterocycles. The van der Waals surface area contributed by atoms with Crippen LogP contribution in [0.4, 0.5) is 0 Å². The first-order chi connectivity index (χ1) is 12.0. The Morgan fingerprint density at radius 1 is 1.16 bits per heavy atom. The smallest absolute Gasteiger partial charge is 0.245 e. The lowest BCUT2D eigenvalue weighted by Crippen LogP contribution is -2.19. The maximum atomic E-state index is 11.7. The molecule has 0 atom stereocenters. The number of rotatable bonds is 5. The highest BCUT2D eigenvalue weighted by Crippen LogP contribution is 2.35. The van der Waals surface area contributed by atoms with Gasteiger partial charge < -0.3 is 4.42 Å². The number of carbonyl (C=O) groups excluding carboxylic acids is 1. The van der Waals surface area contributed by atoms with Gasteiger partial charge in [0, 0.05) is 10.4 Å². The van der Waals surface area contributed by atoms with Gasteiger partial charge in [-0.15, -0.1) is 11.3 Å². The van der Waals surface area contributed by atoms with Gasteiger partial charge in [0.15, 0.2) is 0 Å². The van der Waals surface area contributed by atoms with Gasteiger partial charge in [0.25, 0.3) is 0 Å². The number of hydrogen-bond acceptors (Lipinski definition) is 4. The molecule has 8 heteroatoms. The highest BCUT2D eigenvalue weighted by Gasteiger charge is 2.11. The molecule has 0 spiro atoms. The first-order valence-corrected chi connectivity index (χ1v) is 9.13. The number of thiophene rings is 1. The Labute approximate surface area is 163 Å². The highest BCUT2D eigenvalue weighted by atomic mass is 35.5. The van der Waals surface area contributed by atoms with Crippen molar-refractivity contribution in [3.8, 4) is 11.3 Å². The number of furan rings is 1. The summed E-state index contributed by atoms with van der Waals surface area (Å²) in [4.78, 5) is 12.7. The molecule has 0 aliphatic heterocycles. The largest absolute Gasteiger partial charge is 0.455 e. The maximum absolute atomic E-state index is 11.7. The van der Waals surface area contributed by atoms with Crippen molar-refractivity contribution in [1.29, 1.82) is 0 Å². The summed E-state index contributed by atoms with van der Waals surface area (Å²) in [7, 11) is 0. The molecule has 25 heavy (non-hydrogen) atoms. The molecule has 0 saturated heterocycles. The second kappa shape index (κ2) is 8.06. The highest BCUT2D eigenvalue weighted by molar-refractivity contribution is 7.10. The van der Waals surface area contributed by atoms with E-state index < -0.39 is 0 Å². The van der Waals surface area contributed by atoms with E-state index in [2.05, 4.69) is 10.5 Å². The maximum Gasteiger partial charge on any atom is 0.245 e.